The van der Waals surface area contributed by atoms with E-state index in [-0.39, 0.29) is 5.56 Å². The van der Waals surface area contributed by atoms with Crippen molar-refractivity contribution in [2.45, 2.75) is 12.8 Å². The van der Waals surface area contributed by atoms with Gasteiger partial charge in [0.1, 0.15) is 22.6 Å². The Morgan fingerprint density at radius 2 is 2.24 bits per heavy atom. The topological polar surface area (TPSA) is 97.3 Å². The highest BCUT2D eigenvalue weighted by Crippen LogP contribution is 2.35. The molecule has 25 heavy (non-hydrogen) atoms. The number of rotatable bonds is 6. The van der Waals surface area contributed by atoms with E-state index in [1.165, 1.54) is 19.0 Å². The Morgan fingerprint density at radius 1 is 1.40 bits per heavy atom. The molecule has 1 aromatic carbocycles. The number of aromatic amines is 1. The van der Waals surface area contributed by atoms with Crippen LogP contribution in [0, 0.1) is 5.92 Å². The minimum Gasteiger partial charge on any atom is -0.497 e. The van der Waals surface area contributed by atoms with E-state index >= 15 is 0 Å². The summed E-state index contributed by atoms with van der Waals surface area (Å²) in [7, 11) is 1.59. The molecule has 3 aromatic rings. The minimum absolute atomic E-state index is 0.113. The molecule has 0 atom stereocenters. The average Bonchev–Trinajstić information content (AvgIpc) is 3.36. The first-order valence-corrected chi connectivity index (χ1v) is 8.04. The number of nitrogens with zero attached hydrogens (tertiary/aromatic N) is 2. The van der Waals surface area contributed by atoms with Crippen molar-refractivity contribution in [3.05, 3.63) is 36.2 Å². The van der Waals surface area contributed by atoms with Crippen molar-refractivity contribution in [3.63, 3.8) is 0 Å². The Balaban J connectivity index is 1.79. The molecule has 2 N–H and O–H groups in total. The van der Waals surface area contributed by atoms with Gasteiger partial charge in [-0.1, -0.05) is 0 Å². The number of aromatic nitrogens is 3. The third-order valence-electron chi connectivity index (χ3n) is 4.25. The van der Waals surface area contributed by atoms with E-state index in [0.717, 1.165) is 0 Å². The van der Waals surface area contributed by atoms with Crippen LogP contribution < -0.4 is 9.47 Å². The fourth-order valence-electron chi connectivity index (χ4n) is 2.63. The van der Waals surface area contributed by atoms with Crippen LogP contribution in [0.5, 0.6) is 11.5 Å². The molecule has 0 aliphatic heterocycles. The number of nitrogens with one attached hydrogen (secondary N) is 1. The number of benzene rings is 1. The number of methoxy groups -OCH3 is 1. The summed E-state index contributed by atoms with van der Waals surface area (Å²) < 4.78 is 11.2. The smallest absolute Gasteiger partial charge is 0.339 e. The van der Waals surface area contributed by atoms with Gasteiger partial charge in [0.2, 0.25) is 0 Å². The third-order valence-corrected chi connectivity index (χ3v) is 4.25. The number of hydrogen-bond acceptors (Lipinski definition) is 5. The van der Waals surface area contributed by atoms with Gasteiger partial charge in [-0.2, -0.15) is 0 Å². The standard InChI is InChI=1S/C18H17N3O4/c1-24-11-4-5-15(25-9-10-2-3-10)12(6-11)17-20-8-14-16(21-17)13(7-19-14)18(22)23/h4-8,10,19H,2-3,9H2,1H3,(H,22,23). The van der Waals surface area contributed by atoms with Crippen molar-refractivity contribution in [1.29, 1.82) is 0 Å². The summed E-state index contributed by atoms with van der Waals surface area (Å²) in [6.07, 6.45) is 5.38. The second-order valence-electron chi connectivity index (χ2n) is 6.08. The largest absolute Gasteiger partial charge is 0.497 e. The number of ether oxygens (including phenoxy) is 2. The number of carbonyl (C=O) groups is 1. The Morgan fingerprint density at radius 3 is 2.96 bits per heavy atom. The Labute approximate surface area is 143 Å². The van der Waals surface area contributed by atoms with Gasteiger partial charge < -0.3 is 19.6 Å². The molecule has 1 saturated carbocycles. The number of aromatic carboxylic acids is 1. The predicted molar refractivity (Wildman–Crippen MR) is 91.1 cm³/mol. The first-order valence-electron chi connectivity index (χ1n) is 8.04. The van der Waals surface area contributed by atoms with E-state index in [0.29, 0.717) is 46.4 Å². The normalized spacial score (nSPS) is 13.8. The van der Waals surface area contributed by atoms with Crippen LogP contribution in [-0.4, -0.2) is 39.7 Å². The summed E-state index contributed by atoms with van der Waals surface area (Å²) in [5.41, 5.74) is 1.74. The summed E-state index contributed by atoms with van der Waals surface area (Å²) in [5.74, 6) is 1.30. The Kier molecular flexibility index (Phi) is 3.76. The minimum atomic E-state index is -1.04. The maximum Gasteiger partial charge on any atom is 0.339 e. The molecule has 128 valence electrons. The number of carboxylic acid groups (broad SMARTS) is 1. The molecule has 0 bridgehead atoms. The molecule has 0 radical (unpaired) electrons. The van der Waals surface area contributed by atoms with E-state index in [4.69, 9.17) is 9.47 Å². The van der Waals surface area contributed by atoms with Gasteiger partial charge in [-0.05, 0) is 37.0 Å². The maximum atomic E-state index is 11.4. The molecule has 1 aliphatic rings. The van der Waals surface area contributed by atoms with Crippen LogP contribution in [0.3, 0.4) is 0 Å². The molecule has 1 aliphatic carbocycles. The van der Waals surface area contributed by atoms with Gasteiger partial charge in [0.05, 0.1) is 31.0 Å². The van der Waals surface area contributed by atoms with Crippen LogP contribution in [-0.2, 0) is 0 Å². The SMILES string of the molecule is COc1ccc(OCC2CC2)c(-c2ncc3[nH]cc(C(=O)O)c3n2)c1. The van der Waals surface area contributed by atoms with E-state index in [9.17, 15) is 9.90 Å². The van der Waals surface area contributed by atoms with Crippen molar-refractivity contribution in [1.82, 2.24) is 15.0 Å². The molecule has 2 heterocycles. The Hall–Kier alpha value is -3.09. The van der Waals surface area contributed by atoms with Crippen molar-refractivity contribution in [2.24, 2.45) is 5.92 Å². The third kappa shape index (κ3) is 3.00. The zero-order valence-corrected chi connectivity index (χ0v) is 13.7. The van der Waals surface area contributed by atoms with Crippen molar-refractivity contribution in [2.75, 3.05) is 13.7 Å². The molecule has 7 heteroatoms. The van der Waals surface area contributed by atoms with Gasteiger partial charge in [-0.25, -0.2) is 14.8 Å². The lowest BCUT2D eigenvalue weighted by molar-refractivity contribution is 0.0699. The summed E-state index contributed by atoms with van der Waals surface area (Å²) in [5, 5.41) is 9.30. The van der Waals surface area contributed by atoms with Crippen molar-refractivity contribution in [3.8, 4) is 22.9 Å². The van der Waals surface area contributed by atoms with Crippen molar-refractivity contribution < 1.29 is 19.4 Å². The zero-order chi connectivity index (χ0) is 17.4. The first-order chi connectivity index (χ1) is 12.2. The lowest BCUT2D eigenvalue weighted by atomic mass is 10.1. The molecule has 2 aromatic heterocycles. The lowest BCUT2D eigenvalue weighted by Crippen LogP contribution is -2.02. The van der Waals surface area contributed by atoms with Crippen molar-refractivity contribution >= 4 is 17.0 Å². The highest BCUT2D eigenvalue weighted by Gasteiger charge is 2.23. The molecule has 0 amide bonds. The quantitative estimate of drug-likeness (QED) is 0.716. The van der Waals surface area contributed by atoms with Gasteiger partial charge in [0, 0.05) is 6.20 Å². The molecule has 1 fully saturated rings. The van der Waals surface area contributed by atoms with Crippen LogP contribution >= 0.6 is 0 Å². The Bertz CT molecular complexity index is 947. The van der Waals surface area contributed by atoms with Gasteiger partial charge in [0.15, 0.2) is 5.82 Å². The molecular formula is C18H17N3O4. The van der Waals surface area contributed by atoms with E-state index in [1.807, 2.05) is 12.1 Å². The van der Waals surface area contributed by atoms with E-state index in [1.54, 1.807) is 19.4 Å². The molecule has 0 saturated heterocycles. The monoisotopic (exact) mass is 339 g/mol. The highest BCUT2D eigenvalue weighted by molar-refractivity contribution is 6.01. The van der Waals surface area contributed by atoms with Crippen LogP contribution in [0.4, 0.5) is 0 Å². The first kappa shape index (κ1) is 15.4. The highest BCUT2D eigenvalue weighted by atomic mass is 16.5. The average molecular weight is 339 g/mol. The fourth-order valence-corrected chi connectivity index (χ4v) is 2.63. The summed E-state index contributed by atoms with van der Waals surface area (Å²) in [6, 6.07) is 5.46. The van der Waals surface area contributed by atoms with Gasteiger partial charge in [0.25, 0.3) is 0 Å². The molecule has 0 spiro atoms. The molecule has 4 rings (SSSR count). The van der Waals surface area contributed by atoms with Gasteiger partial charge in [-0.3, -0.25) is 0 Å². The van der Waals surface area contributed by atoms with Crippen LogP contribution in [0.2, 0.25) is 0 Å². The van der Waals surface area contributed by atoms with Gasteiger partial charge in [-0.15, -0.1) is 0 Å². The number of fused-ring (bicyclic) bond motifs is 1. The van der Waals surface area contributed by atoms with Gasteiger partial charge >= 0.3 is 5.97 Å². The lowest BCUT2D eigenvalue weighted by Gasteiger charge is -2.12. The van der Waals surface area contributed by atoms with E-state index in [2.05, 4.69) is 15.0 Å². The second-order valence-corrected chi connectivity index (χ2v) is 6.08. The summed E-state index contributed by atoms with van der Waals surface area (Å²) in [6.45, 7) is 0.659. The predicted octanol–water partition coefficient (Wildman–Crippen LogP) is 3.12. The summed E-state index contributed by atoms with van der Waals surface area (Å²) >= 11 is 0. The molecular weight excluding hydrogens is 322 g/mol. The zero-order valence-electron chi connectivity index (χ0n) is 13.7. The molecule has 7 nitrogen and oxygen atoms in total. The summed E-state index contributed by atoms with van der Waals surface area (Å²) in [4.78, 5) is 23.0. The van der Waals surface area contributed by atoms with Crippen LogP contribution in [0.1, 0.15) is 23.2 Å². The molecule has 0 unspecified atom stereocenters. The van der Waals surface area contributed by atoms with Crippen LogP contribution in [0.25, 0.3) is 22.4 Å². The maximum absolute atomic E-state index is 11.4. The number of hydrogen-bond donors (Lipinski definition) is 2. The number of carboxylic acids is 1. The van der Waals surface area contributed by atoms with Crippen LogP contribution in [0.15, 0.2) is 30.6 Å². The number of H-pyrrole nitrogens is 1. The second kappa shape index (κ2) is 6.08. The fraction of sp³-hybridized carbons (Fsp3) is 0.278. The van der Waals surface area contributed by atoms with E-state index < -0.39 is 5.97 Å².